The van der Waals surface area contributed by atoms with Crippen LogP contribution in [-0.2, 0) is 11.3 Å². The lowest BCUT2D eigenvalue weighted by atomic mass is 9.87. The molecule has 0 radical (unpaired) electrons. The zero-order valence-corrected chi connectivity index (χ0v) is 14.9. The summed E-state index contributed by atoms with van der Waals surface area (Å²) in [7, 11) is 0. The summed E-state index contributed by atoms with van der Waals surface area (Å²) in [5, 5.41) is 5.95. The molecule has 0 unspecified atom stereocenters. The Morgan fingerprint density at radius 3 is 2.56 bits per heavy atom. The van der Waals surface area contributed by atoms with Crippen molar-refractivity contribution in [2.24, 2.45) is 5.92 Å². The summed E-state index contributed by atoms with van der Waals surface area (Å²) < 4.78 is 0. The second-order valence-corrected chi connectivity index (χ2v) is 7.63. The first-order valence-corrected chi connectivity index (χ1v) is 9.80. The van der Waals surface area contributed by atoms with Gasteiger partial charge in [-0.2, -0.15) is 0 Å². The molecule has 4 rings (SSSR count). The van der Waals surface area contributed by atoms with Crippen molar-refractivity contribution in [2.75, 3.05) is 13.1 Å². The SMILES string of the molecule is O=C(C1CCCCC1)N(Cc1ccc2ccccc2c1)[C@@H]1CCNC1. The molecule has 0 bridgehead atoms. The van der Waals surface area contributed by atoms with E-state index < -0.39 is 0 Å². The number of carbonyl (C=O) groups excluding carboxylic acids is 1. The topological polar surface area (TPSA) is 32.3 Å². The van der Waals surface area contributed by atoms with Crippen molar-refractivity contribution < 1.29 is 4.79 Å². The molecule has 0 aromatic heterocycles. The minimum absolute atomic E-state index is 0.245. The third-order valence-corrected chi connectivity index (χ3v) is 5.88. The van der Waals surface area contributed by atoms with Gasteiger partial charge in [-0.1, -0.05) is 55.7 Å². The van der Waals surface area contributed by atoms with E-state index in [0.717, 1.165) is 38.9 Å². The van der Waals surface area contributed by atoms with Crippen molar-refractivity contribution in [1.29, 1.82) is 0 Å². The Morgan fingerprint density at radius 1 is 1.00 bits per heavy atom. The second-order valence-electron chi connectivity index (χ2n) is 7.63. The zero-order valence-electron chi connectivity index (χ0n) is 14.9. The molecule has 3 heteroatoms. The fraction of sp³-hybridized carbons (Fsp3) is 0.500. The lowest BCUT2D eigenvalue weighted by Gasteiger charge is -2.33. The fourth-order valence-electron chi connectivity index (χ4n) is 4.41. The maximum absolute atomic E-state index is 13.3. The summed E-state index contributed by atoms with van der Waals surface area (Å²) in [6, 6.07) is 15.4. The van der Waals surface area contributed by atoms with E-state index in [1.807, 2.05) is 0 Å². The first kappa shape index (κ1) is 16.6. The van der Waals surface area contributed by atoms with Crippen LogP contribution in [0.1, 0.15) is 44.1 Å². The van der Waals surface area contributed by atoms with Gasteiger partial charge in [-0.15, -0.1) is 0 Å². The van der Waals surface area contributed by atoms with E-state index in [4.69, 9.17) is 0 Å². The molecule has 2 aromatic carbocycles. The van der Waals surface area contributed by atoms with Crippen molar-refractivity contribution >= 4 is 16.7 Å². The van der Waals surface area contributed by atoms with Crippen LogP contribution in [0.5, 0.6) is 0 Å². The Bertz CT molecular complexity index is 730. The van der Waals surface area contributed by atoms with Gasteiger partial charge in [0, 0.05) is 25.0 Å². The van der Waals surface area contributed by atoms with Crippen molar-refractivity contribution in [2.45, 2.75) is 51.1 Å². The Hall–Kier alpha value is -1.87. The highest BCUT2D eigenvalue weighted by atomic mass is 16.2. The Morgan fingerprint density at radius 2 is 1.80 bits per heavy atom. The van der Waals surface area contributed by atoms with Crippen LogP contribution in [-0.4, -0.2) is 29.9 Å². The van der Waals surface area contributed by atoms with Gasteiger partial charge in [0.1, 0.15) is 0 Å². The summed E-state index contributed by atoms with van der Waals surface area (Å²) in [6.07, 6.45) is 6.94. The molecular weight excluding hydrogens is 308 g/mol. The lowest BCUT2D eigenvalue weighted by Crippen LogP contribution is -2.44. The van der Waals surface area contributed by atoms with Crippen molar-refractivity contribution in [3.63, 3.8) is 0 Å². The maximum Gasteiger partial charge on any atom is 0.226 e. The number of hydrogen-bond acceptors (Lipinski definition) is 2. The predicted octanol–water partition coefficient (Wildman–Crippen LogP) is 4.11. The molecule has 1 saturated heterocycles. The van der Waals surface area contributed by atoms with Crippen molar-refractivity contribution in [3.05, 3.63) is 48.0 Å². The number of nitrogens with one attached hydrogen (secondary N) is 1. The van der Waals surface area contributed by atoms with Gasteiger partial charge in [-0.3, -0.25) is 4.79 Å². The first-order valence-electron chi connectivity index (χ1n) is 9.80. The number of hydrogen-bond donors (Lipinski definition) is 1. The molecule has 25 heavy (non-hydrogen) atoms. The van der Waals surface area contributed by atoms with Crippen LogP contribution in [0.4, 0.5) is 0 Å². The lowest BCUT2D eigenvalue weighted by molar-refractivity contribution is -0.139. The van der Waals surface area contributed by atoms with Crippen LogP contribution in [0.15, 0.2) is 42.5 Å². The van der Waals surface area contributed by atoms with E-state index in [1.54, 1.807) is 0 Å². The van der Waals surface area contributed by atoms with Crippen molar-refractivity contribution in [1.82, 2.24) is 10.2 Å². The van der Waals surface area contributed by atoms with Crippen LogP contribution >= 0.6 is 0 Å². The van der Waals surface area contributed by atoms with Crippen LogP contribution in [0.25, 0.3) is 10.8 Å². The third kappa shape index (κ3) is 3.72. The van der Waals surface area contributed by atoms with Gasteiger partial charge in [0.25, 0.3) is 0 Å². The largest absolute Gasteiger partial charge is 0.334 e. The van der Waals surface area contributed by atoms with E-state index in [2.05, 4.69) is 52.7 Å². The molecule has 2 aliphatic rings. The van der Waals surface area contributed by atoms with Crippen LogP contribution in [0.3, 0.4) is 0 Å². The monoisotopic (exact) mass is 336 g/mol. The van der Waals surface area contributed by atoms with Crippen LogP contribution in [0, 0.1) is 5.92 Å². The van der Waals surface area contributed by atoms with Gasteiger partial charge in [0.05, 0.1) is 0 Å². The van der Waals surface area contributed by atoms with Crippen molar-refractivity contribution in [3.8, 4) is 0 Å². The highest BCUT2D eigenvalue weighted by molar-refractivity contribution is 5.83. The summed E-state index contributed by atoms with van der Waals surface area (Å²) in [5.41, 5.74) is 1.25. The molecule has 1 atom stereocenters. The molecule has 2 fully saturated rings. The summed E-state index contributed by atoms with van der Waals surface area (Å²) in [5.74, 6) is 0.636. The molecule has 1 N–H and O–H groups in total. The Balaban J connectivity index is 1.57. The molecule has 1 saturated carbocycles. The quantitative estimate of drug-likeness (QED) is 0.911. The molecule has 1 aliphatic heterocycles. The Labute approximate surface area is 150 Å². The van der Waals surface area contributed by atoms with E-state index in [-0.39, 0.29) is 5.92 Å². The molecule has 1 aliphatic carbocycles. The van der Waals surface area contributed by atoms with Gasteiger partial charge >= 0.3 is 0 Å². The number of amides is 1. The minimum atomic E-state index is 0.245. The van der Waals surface area contributed by atoms with E-state index in [1.165, 1.54) is 35.6 Å². The maximum atomic E-state index is 13.3. The van der Waals surface area contributed by atoms with E-state index in [0.29, 0.717) is 11.9 Å². The smallest absolute Gasteiger partial charge is 0.226 e. The third-order valence-electron chi connectivity index (χ3n) is 5.88. The number of rotatable bonds is 4. The van der Waals surface area contributed by atoms with Gasteiger partial charge in [0.15, 0.2) is 0 Å². The molecule has 2 aromatic rings. The molecule has 1 heterocycles. The van der Waals surface area contributed by atoms with E-state index >= 15 is 0 Å². The van der Waals surface area contributed by atoms with Gasteiger partial charge in [-0.25, -0.2) is 0 Å². The molecular formula is C22H28N2O. The normalized spacial score (nSPS) is 21.5. The molecule has 132 valence electrons. The number of fused-ring (bicyclic) bond motifs is 1. The molecule has 3 nitrogen and oxygen atoms in total. The van der Waals surface area contributed by atoms with Gasteiger partial charge in [-0.05, 0) is 48.2 Å². The fourth-order valence-corrected chi connectivity index (χ4v) is 4.41. The average molecular weight is 336 g/mol. The molecule has 1 amide bonds. The highest BCUT2D eigenvalue weighted by Gasteiger charge is 2.32. The highest BCUT2D eigenvalue weighted by Crippen LogP contribution is 2.28. The summed E-state index contributed by atoms with van der Waals surface area (Å²) >= 11 is 0. The number of benzene rings is 2. The average Bonchev–Trinajstić information content (AvgIpc) is 3.20. The first-order chi connectivity index (χ1) is 12.3. The Kier molecular flexibility index (Phi) is 5.02. The molecule has 0 spiro atoms. The number of carbonyl (C=O) groups is 1. The summed E-state index contributed by atoms with van der Waals surface area (Å²) in [6.45, 7) is 2.70. The summed E-state index contributed by atoms with van der Waals surface area (Å²) in [4.78, 5) is 15.4. The standard InChI is InChI=1S/C22H28N2O/c25-22(19-7-2-1-3-8-19)24(21-12-13-23-15-21)16-17-10-11-18-6-4-5-9-20(18)14-17/h4-6,9-11,14,19,21,23H,1-3,7-8,12-13,15-16H2/t21-/m1/s1. The number of nitrogens with zero attached hydrogens (tertiary/aromatic N) is 1. The van der Waals surface area contributed by atoms with Crippen LogP contribution < -0.4 is 5.32 Å². The van der Waals surface area contributed by atoms with Gasteiger partial charge < -0.3 is 10.2 Å². The van der Waals surface area contributed by atoms with E-state index in [9.17, 15) is 4.79 Å². The predicted molar refractivity (Wildman–Crippen MR) is 102 cm³/mol. The zero-order chi connectivity index (χ0) is 17.1. The second kappa shape index (κ2) is 7.57. The minimum Gasteiger partial charge on any atom is -0.334 e. The van der Waals surface area contributed by atoms with Crippen LogP contribution in [0.2, 0.25) is 0 Å². The van der Waals surface area contributed by atoms with Gasteiger partial charge in [0.2, 0.25) is 5.91 Å².